The maximum atomic E-state index is 11.2. The molecule has 4 heteroatoms. The van der Waals surface area contributed by atoms with Crippen molar-refractivity contribution in [3.05, 3.63) is 0 Å². The van der Waals surface area contributed by atoms with Gasteiger partial charge in [-0.15, -0.1) is 0 Å². The van der Waals surface area contributed by atoms with Crippen LogP contribution in [0.2, 0.25) is 0 Å². The van der Waals surface area contributed by atoms with Gasteiger partial charge in [-0.2, -0.15) is 0 Å². The minimum atomic E-state index is 0.207. The van der Waals surface area contributed by atoms with Gasteiger partial charge in [-0.25, -0.2) is 0 Å². The van der Waals surface area contributed by atoms with Gasteiger partial charge in [0.05, 0.1) is 6.61 Å². The van der Waals surface area contributed by atoms with Crippen LogP contribution in [0, 0.1) is 0 Å². The van der Waals surface area contributed by atoms with E-state index < -0.39 is 0 Å². The Morgan fingerprint density at radius 2 is 2.06 bits per heavy atom. The van der Waals surface area contributed by atoms with E-state index in [9.17, 15) is 4.79 Å². The third-order valence-electron chi connectivity index (χ3n) is 3.42. The smallest absolute Gasteiger partial charge is 0.219 e. The van der Waals surface area contributed by atoms with Gasteiger partial charge in [0.25, 0.3) is 0 Å². The Kier molecular flexibility index (Phi) is 5.77. The third-order valence-corrected chi connectivity index (χ3v) is 3.42. The van der Waals surface area contributed by atoms with Crippen LogP contribution in [0.3, 0.4) is 0 Å². The lowest BCUT2D eigenvalue weighted by molar-refractivity contribution is -0.130. The lowest BCUT2D eigenvalue weighted by Crippen LogP contribution is -2.47. The molecule has 0 bridgehead atoms. The van der Waals surface area contributed by atoms with Crippen molar-refractivity contribution >= 4 is 5.91 Å². The summed E-state index contributed by atoms with van der Waals surface area (Å²) in [6.45, 7) is 8.51. The Bertz CT molecular complexity index is 213. The first kappa shape index (κ1) is 13.5. The second-order valence-corrected chi connectivity index (χ2v) is 4.36. The van der Waals surface area contributed by atoms with Crippen LogP contribution in [0.4, 0.5) is 0 Å². The van der Waals surface area contributed by atoms with Gasteiger partial charge in [-0.3, -0.25) is 9.69 Å². The van der Waals surface area contributed by atoms with Gasteiger partial charge in [0, 0.05) is 39.7 Å². The third kappa shape index (κ3) is 3.76. The summed E-state index contributed by atoms with van der Waals surface area (Å²) in [7, 11) is 1.74. The van der Waals surface area contributed by atoms with Crippen LogP contribution in [0.15, 0.2) is 0 Å². The molecule has 1 rings (SSSR count). The SMILES string of the molecule is CCN(CCOC)C1CCN(C(C)=O)CC1. The number of likely N-dealkylation sites (N-methyl/N-ethyl adjacent to an activating group) is 1. The van der Waals surface area contributed by atoms with E-state index in [1.807, 2.05) is 4.90 Å². The number of carbonyl (C=O) groups excluding carboxylic acids is 1. The molecular weight excluding hydrogens is 204 g/mol. The summed E-state index contributed by atoms with van der Waals surface area (Å²) in [5.41, 5.74) is 0. The van der Waals surface area contributed by atoms with E-state index in [1.165, 1.54) is 0 Å². The molecule has 1 heterocycles. The first-order valence-electron chi connectivity index (χ1n) is 6.17. The van der Waals surface area contributed by atoms with Crippen LogP contribution in [-0.4, -0.2) is 61.6 Å². The van der Waals surface area contributed by atoms with Crippen molar-refractivity contribution < 1.29 is 9.53 Å². The summed E-state index contributed by atoms with van der Waals surface area (Å²) in [5.74, 6) is 0.207. The molecule has 0 aliphatic carbocycles. The molecule has 1 saturated heterocycles. The maximum absolute atomic E-state index is 11.2. The molecule has 1 fully saturated rings. The molecule has 1 aliphatic heterocycles. The van der Waals surface area contributed by atoms with Gasteiger partial charge in [-0.1, -0.05) is 6.92 Å². The molecule has 4 nitrogen and oxygen atoms in total. The maximum Gasteiger partial charge on any atom is 0.219 e. The summed E-state index contributed by atoms with van der Waals surface area (Å²) >= 11 is 0. The van der Waals surface area contributed by atoms with Crippen molar-refractivity contribution in [1.29, 1.82) is 0 Å². The lowest BCUT2D eigenvalue weighted by atomic mass is 10.0. The average Bonchev–Trinajstić information content (AvgIpc) is 2.30. The van der Waals surface area contributed by atoms with Crippen molar-refractivity contribution in [3.63, 3.8) is 0 Å². The van der Waals surface area contributed by atoms with Crippen molar-refractivity contribution in [2.45, 2.75) is 32.7 Å². The van der Waals surface area contributed by atoms with Crippen LogP contribution in [0.1, 0.15) is 26.7 Å². The van der Waals surface area contributed by atoms with E-state index >= 15 is 0 Å². The molecule has 1 amide bonds. The van der Waals surface area contributed by atoms with Crippen molar-refractivity contribution in [1.82, 2.24) is 9.80 Å². The number of methoxy groups -OCH3 is 1. The number of piperidine rings is 1. The minimum Gasteiger partial charge on any atom is -0.383 e. The second-order valence-electron chi connectivity index (χ2n) is 4.36. The fourth-order valence-electron chi connectivity index (χ4n) is 2.35. The Morgan fingerprint density at radius 1 is 1.44 bits per heavy atom. The zero-order valence-corrected chi connectivity index (χ0v) is 10.7. The highest BCUT2D eigenvalue weighted by molar-refractivity contribution is 5.73. The molecule has 0 aromatic carbocycles. The Hall–Kier alpha value is -0.610. The van der Waals surface area contributed by atoms with Crippen LogP contribution in [-0.2, 0) is 9.53 Å². The zero-order valence-electron chi connectivity index (χ0n) is 10.7. The van der Waals surface area contributed by atoms with Gasteiger partial charge < -0.3 is 9.64 Å². The molecule has 0 radical (unpaired) electrons. The number of ether oxygens (including phenoxy) is 1. The number of likely N-dealkylation sites (tertiary alicyclic amines) is 1. The normalized spacial score (nSPS) is 18.1. The standard InChI is InChI=1S/C12H24N2O2/c1-4-13(9-10-16-3)12-5-7-14(8-6-12)11(2)15/h12H,4-10H2,1-3H3. The highest BCUT2D eigenvalue weighted by atomic mass is 16.5. The van der Waals surface area contributed by atoms with Crippen molar-refractivity contribution in [2.75, 3.05) is 39.9 Å². The van der Waals surface area contributed by atoms with Gasteiger partial charge in [0.2, 0.25) is 5.91 Å². The van der Waals surface area contributed by atoms with Crippen LogP contribution in [0.25, 0.3) is 0 Å². The van der Waals surface area contributed by atoms with E-state index in [1.54, 1.807) is 14.0 Å². The summed E-state index contributed by atoms with van der Waals surface area (Å²) < 4.78 is 5.12. The highest BCUT2D eigenvalue weighted by Crippen LogP contribution is 2.16. The van der Waals surface area contributed by atoms with Gasteiger partial charge >= 0.3 is 0 Å². The molecule has 0 saturated carbocycles. The fraction of sp³-hybridized carbons (Fsp3) is 0.917. The molecule has 0 spiro atoms. The molecule has 16 heavy (non-hydrogen) atoms. The molecular formula is C12H24N2O2. The molecule has 94 valence electrons. The number of carbonyl (C=O) groups is 1. The summed E-state index contributed by atoms with van der Waals surface area (Å²) in [5, 5.41) is 0. The minimum absolute atomic E-state index is 0.207. The molecule has 0 N–H and O–H groups in total. The fourth-order valence-corrected chi connectivity index (χ4v) is 2.35. The number of rotatable bonds is 5. The topological polar surface area (TPSA) is 32.8 Å². The molecule has 0 aromatic heterocycles. The molecule has 0 aromatic rings. The number of nitrogens with zero attached hydrogens (tertiary/aromatic N) is 2. The summed E-state index contributed by atoms with van der Waals surface area (Å²) in [6.07, 6.45) is 2.19. The summed E-state index contributed by atoms with van der Waals surface area (Å²) in [4.78, 5) is 15.6. The van der Waals surface area contributed by atoms with E-state index in [0.717, 1.165) is 45.6 Å². The lowest BCUT2D eigenvalue weighted by Gasteiger charge is -2.37. The predicted molar refractivity (Wildman–Crippen MR) is 64.4 cm³/mol. The second kappa shape index (κ2) is 6.86. The van der Waals surface area contributed by atoms with Crippen LogP contribution in [0.5, 0.6) is 0 Å². The Balaban J connectivity index is 2.35. The monoisotopic (exact) mass is 228 g/mol. The summed E-state index contributed by atoms with van der Waals surface area (Å²) in [6, 6.07) is 0.621. The van der Waals surface area contributed by atoms with Crippen molar-refractivity contribution in [2.24, 2.45) is 0 Å². The highest BCUT2D eigenvalue weighted by Gasteiger charge is 2.24. The van der Waals surface area contributed by atoms with E-state index in [-0.39, 0.29) is 5.91 Å². The number of amides is 1. The zero-order chi connectivity index (χ0) is 12.0. The molecule has 1 aliphatic rings. The average molecular weight is 228 g/mol. The van der Waals surface area contributed by atoms with Gasteiger partial charge in [0.15, 0.2) is 0 Å². The molecule has 0 unspecified atom stereocenters. The number of hydrogen-bond donors (Lipinski definition) is 0. The largest absolute Gasteiger partial charge is 0.383 e. The van der Waals surface area contributed by atoms with E-state index in [2.05, 4.69) is 11.8 Å². The number of hydrogen-bond acceptors (Lipinski definition) is 3. The van der Waals surface area contributed by atoms with E-state index in [0.29, 0.717) is 6.04 Å². The first-order chi connectivity index (χ1) is 7.69. The van der Waals surface area contributed by atoms with Crippen molar-refractivity contribution in [3.8, 4) is 0 Å². The quantitative estimate of drug-likeness (QED) is 0.703. The van der Waals surface area contributed by atoms with Gasteiger partial charge in [-0.05, 0) is 19.4 Å². The van der Waals surface area contributed by atoms with Crippen LogP contribution < -0.4 is 0 Å². The van der Waals surface area contributed by atoms with Gasteiger partial charge in [0.1, 0.15) is 0 Å². The first-order valence-corrected chi connectivity index (χ1v) is 6.17. The Labute approximate surface area is 98.5 Å². The van der Waals surface area contributed by atoms with E-state index in [4.69, 9.17) is 4.74 Å². The van der Waals surface area contributed by atoms with Crippen LogP contribution >= 0.6 is 0 Å². The Morgan fingerprint density at radius 3 is 2.50 bits per heavy atom. The molecule has 0 atom stereocenters. The predicted octanol–water partition coefficient (Wildman–Crippen LogP) is 0.966.